The summed E-state index contributed by atoms with van der Waals surface area (Å²) < 4.78 is 0. The van der Waals surface area contributed by atoms with E-state index in [-0.39, 0.29) is 18.9 Å². The molecule has 18 heavy (non-hydrogen) atoms. The fraction of sp³-hybridized carbons (Fsp3) is 0.545. The number of hydrogen-bond acceptors (Lipinski definition) is 6. The number of hydrogen-bond donors (Lipinski definition) is 3. The Bertz CT molecular complexity index is 424. The van der Waals surface area contributed by atoms with Gasteiger partial charge >= 0.3 is 0 Å². The van der Waals surface area contributed by atoms with Crippen LogP contribution in [0.4, 0.5) is 11.5 Å². The Labute approximate surface area is 105 Å². The quantitative estimate of drug-likeness (QED) is 0.513. The van der Waals surface area contributed by atoms with Crippen LogP contribution in [0.3, 0.4) is 0 Å². The summed E-state index contributed by atoms with van der Waals surface area (Å²) in [5.74, 6) is 0.392. The summed E-state index contributed by atoms with van der Waals surface area (Å²) in [7, 11) is 0. The van der Waals surface area contributed by atoms with Crippen LogP contribution in [0.1, 0.15) is 18.9 Å². The first-order chi connectivity index (χ1) is 8.48. The van der Waals surface area contributed by atoms with Crippen LogP contribution >= 0.6 is 0 Å². The fourth-order valence-corrected chi connectivity index (χ4v) is 1.52. The number of rotatable bonds is 6. The van der Waals surface area contributed by atoms with Crippen LogP contribution in [0.25, 0.3) is 0 Å². The van der Waals surface area contributed by atoms with Gasteiger partial charge in [-0.05, 0) is 19.4 Å². The molecule has 0 atom stereocenters. The maximum atomic E-state index is 10.7. The highest BCUT2D eigenvalue weighted by molar-refractivity contribution is 5.48. The summed E-state index contributed by atoms with van der Waals surface area (Å²) in [6.07, 6.45) is 1.66. The van der Waals surface area contributed by atoms with Gasteiger partial charge in [0.05, 0.1) is 23.7 Å². The highest BCUT2D eigenvalue weighted by atomic mass is 16.6. The van der Waals surface area contributed by atoms with Crippen molar-refractivity contribution in [1.29, 1.82) is 0 Å². The maximum Gasteiger partial charge on any atom is 0.290 e. The van der Waals surface area contributed by atoms with E-state index in [1.54, 1.807) is 6.92 Å². The van der Waals surface area contributed by atoms with Crippen molar-refractivity contribution < 1.29 is 15.1 Å². The number of aliphatic hydroxyl groups excluding tert-OH is 2. The normalized spacial score (nSPS) is 11.3. The summed E-state index contributed by atoms with van der Waals surface area (Å²) >= 11 is 0. The van der Waals surface area contributed by atoms with E-state index in [1.165, 1.54) is 6.07 Å². The molecular formula is C11H17N3O4. The van der Waals surface area contributed by atoms with E-state index in [0.29, 0.717) is 17.8 Å². The van der Waals surface area contributed by atoms with Crippen LogP contribution in [0.15, 0.2) is 12.3 Å². The van der Waals surface area contributed by atoms with Crippen LogP contribution in [0, 0.1) is 17.0 Å². The fourth-order valence-electron chi connectivity index (χ4n) is 1.52. The van der Waals surface area contributed by atoms with Crippen LogP contribution in [-0.4, -0.2) is 38.9 Å². The van der Waals surface area contributed by atoms with Gasteiger partial charge in [0.25, 0.3) is 5.69 Å². The number of anilines is 1. The summed E-state index contributed by atoms with van der Waals surface area (Å²) in [6.45, 7) is 2.92. The Morgan fingerprint density at radius 2 is 2.11 bits per heavy atom. The van der Waals surface area contributed by atoms with Gasteiger partial charge < -0.3 is 15.5 Å². The molecule has 1 rings (SSSR count). The minimum absolute atomic E-state index is 0.0596. The maximum absolute atomic E-state index is 10.7. The molecule has 1 aromatic rings. The predicted octanol–water partition coefficient (Wildman–Crippen LogP) is 0.844. The Morgan fingerprint density at radius 3 is 2.50 bits per heavy atom. The molecule has 0 saturated carbocycles. The van der Waals surface area contributed by atoms with E-state index in [2.05, 4.69) is 10.3 Å². The van der Waals surface area contributed by atoms with Crippen molar-refractivity contribution in [1.82, 2.24) is 4.98 Å². The van der Waals surface area contributed by atoms with Gasteiger partial charge in [-0.25, -0.2) is 4.98 Å². The number of nitrogens with zero attached hydrogens (tertiary/aromatic N) is 2. The van der Waals surface area contributed by atoms with Gasteiger partial charge in [0.15, 0.2) is 0 Å². The monoisotopic (exact) mass is 255 g/mol. The summed E-state index contributed by atoms with van der Waals surface area (Å²) in [5.41, 5.74) is -0.454. The van der Waals surface area contributed by atoms with Crippen LogP contribution in [0.2, 0.25) is 0 Å². The standard InChI is InChI=1S/C11H17N3O4/c1-3-11(6-15,7-16)13-10-4-8(2)9(5-12-10)14(17)18/h4-5,15-16H,3,6-7H2,1-2H3,(H,12,13). The molecule has 3 N–H and O–H groups in total. The zero-order valence-electron chi connectivity index (χ0n) is 10.4. The topological polar surface area (TPSA) is 109 Å². The average molecular weight is 255 g/mol. The minimum atomic E-state index is -0.866. The molecular weight excluding hydrogens is 238 g/mol. The summed E-state index contributed by atoms with van der Waals surface area (Å²) in [6, 6.07) is 1.52. The first kappa shape index (κ1) is 14.3. The second kappa shape index (κ2) is 5.74. The Hall–Kier alpha value is -1.73. The van der Waals surface area contributed by atoms with Gasteiger partial charge in [0.2, 0.25) is 0 Å². The van der Waals surface area contributed by atoms with Crippen molar-refractivity contribution in [3.8, 4) is 0 Å². The van der Waals surface area contributed by atoms with Gasteiger partial charge in [-0.3, -0.25) is 10.1 Å². The lowest BCUT2D eigenvalue weighted by molar-refractivity contribution is -0.385. The molecule has 0 saturated heterocycles. The van der Waals surface area contributed by atoms with E-state index in [9.17, 15) is 20.3 Å². The molecule has 0 aromatic carbocycles. The minimum Gasteiger partial charge on any atom is -0.394 e. The second-order valence-electron chi connectivity index (χ2n) is 4.19. The number of nitro groups is 1. The SMILES string of the molecule is CCC(CO)(CO)Nc1cc(C)c([N+](=O)[O-])cn1. The van der Waals surface area contributed by atoms with Gasteiger partial charge in [0.1, 0.15) is 12.0 Å². The first-order valence-electron chi connectivity index (χ1n) is 5.59. The van der Waals surface area contributed by atoms with Crippen molar-refractivity contribution in [3.63, 3.8) is 0 Å². The Morgan fingerprint density at radius 1 is 1.50 bits per heavy atom. The van der Waals surface area contributed by atoms with Crippen molar-refractivity contribution in [2.24, 2.45) is 0 Å². The summed E-state index contributed by atoms with van der Waals surface area (Å²) in [5, 5.41) is 32.1. The highest BCUT2D eigenvalue weighted by Crippen LogP contribution is 2.22. The predicted molar refractivity (Wildman–Crippen MR) is 66.4 cm³/mol. The molecule has 7 nitrogen and oxygen atoms in total. The molecule has 0 radical (unpaired) electrons. The lowest BCUT2D eigenvalue weighted by Gasteiger charge is -2.30. The first-order valence-corrected chi connectivity index (χ1v) is 5.59. The van der Waals surface area contributed by atoms with Crippen molar-refractivity contribution in [2.45, 2.75) is 25.8 Å². The third-order valence-electron chi connectivity index (χ3n) is 2.96. The molecule has 0 fully saturated rings. The van der Waals surface area contributed by atoms with Gasteiger partial charge in [-0.15, -0.1) is 0 Å². The van der Waals surface area contributed by atoms with Crippen LogP contribution in [-0.2, 0) is 0 Å². The van der Waals surface area contributed by atoms with Gasteiger partial charge in [0, 0.05) is 5.56 Å². The zero-order chi connectivity index (χ0) is 13.8. The lowest BCUT2D eigenvalue weighted by Crippen LogP contribution is -2.45. The largest absolute Gasteiger partial charge is 0.394 e. The number of aliphatic hydroxyl groups is 2. The molecule has 1 heterocycles. The third-order valence-corrected chi connectivity index (χ3v) is 2.96. The van der Waals surface area contributed by atoms with E-state index in [4.69, 9.17) is 0 Å². The molecule has 0 aliphatic rings. The zero-order valence-corrected chi connectivity index (χ0v) is 10.4. The molecule has 0 spiro atoms. The van der Waals surface area contributed by atoms with E-state index >= 15 is 0 Å². The average Bonchev–Trinajstić information content (AvgIpc) is 2.36. The van der Waals surface area contributed by atoms with Crippen molar-refractivity contribution >= 4 is 11.5 Å². The number of aryl methyl sites for hydroxylation is 1. The molecule has 0 aliphatic carbocycles. The molecule has 0 amide bonds. The molecule has 0 unspecified atom stereocenters. The molecule has 1 aromatic heterocycles. The van der Waals surface area contributed by atoms with E-state index in [1.807, 2.05) is 6.92 Å². The van der Waals surface area contributed by atoms with Gasteiger partial charge in [-0.1, -0.05) is 6.92 Å². The molecule has 0 aliphatic heterocycles. The van der Waals surface area contributed by atoms with Crippen molar-refractivity contribution in [3.05, 3.63) is 27.9 Å². The smallest absolute Gasteiger partial charge is 0.290 e. The van der Waals surface area contributed by atoms with Crippen LogP contribution < -0.4 is 5.32 Å². The second-order valence-corrected chi connectivity index (χ2v) is 4.19. The number of pyridine rings is 1. The summed E-state index contributed by atoms with van der Waals surface area (Å²) in [4.78, 5) is 14.1. The lowest BCUT2D eigenvalue weighted by atomic mass is 9.98. The highest BCUT2D eigenvalue weighted by Gasteiger charge is 2.27. The molecule has 0 bridgehead atoms. The molecule has 100 valence electrons. The number of nitrogens with one attached hydrogen (secondary N) is 1. The molecule has 7 heteroatoms. The Kier molecular flexibility index (Phi) is 4.57. The van der Waals surface area contributed by atoms with Gasteiger partial charge in [-0.2, -0.15) is 0 Å². The van der Waals surface area contributed by atoms with Crippen LogP contribution in [0.5, 0.6) is 0 Å². The van der Waals surface area contributed by atoms with E-state index < -0.39 is 10.5 Å². The Balaban J connectivity index is 2.98. The number of aromatic nitrogens is 1. The van der Waals surface area contributed by atoms with Crippen molar-refractivity contribution in [2.75, 3.05) is 18.5 Å². The van der Waals surface area contributed by atoms with E-state index in [0.717, 1.165) is 6.20 Å². The third kappa shape index (κ3) is 2.93.